The molecule has 0 aliphatic carbocycles. The Morgan fingerprint density at radius 3 is 2.65 bits per heavy atom. The first-order chi connectivity index (χ1) is 12.7. The SMILES string of the molecule is CNC(=O)C(CO)NCCc1ccc(OCc2cccc(C#N)c2)cc1. The van der Waals surface area contributed by atoms with Crippen LogP contribution in [0.3, 0.4) is 0 Å². The van der Waals surface area contributed by atoms with Crippen molar-refractivity contribution in [3.05, 3.63) is 65.2 Å². The van der Waals surface area contributed by atoms with Crippen LogP contribution in [0.1, 0.15) is 16.7 Å². The summed E-state index contributed by atoms with van der Waals surface area (Å²) in [6.07, 6.45) is 0.734. The zero-order valence-electron chi connectivity index (χ0n) is 14.7. The maximum absolute atomic E-state index is 11.5. The van der Waals surface area contributed by atoms with Gasteiger partial charge in [0.25, 0.3) is 0 Å². The molecule has 2 aromatic rings. The molecule has 3 N–H and O–H groups in total. The van der Waals surface area contributed by atoms with Gasteiger partial charge in [-0.15, -0.1) is 0 Å². The highest BCUT2D eigenvalue weighted by Crippen LogP contribution is 2.15. The van der Waals surface area contributed by atoms with Crippen LogP contribution in [0, 0.1) is 11.3 Å². The molecule has 0 fully saturated rings. The second-order valence-electron chi connectivity index (χ2n) is 5.80. The standard InChI is InChI=1S/C20H23N3O3/c1-22-20(25)19(13-24)23-10-9-15-5-7-18(8-6-15)26-14-17-4-2-3-16(11-17)12-21/h2-8,11,19,23-24H,9-10,13-14H2,1H3,(H,22,25). The molecule has 0 heterocycles. The van der Waals surface area contributed by atoms with Gasteiger partial charge in [0.05, 0.1) is 18.2 Å². The Labute approximate surface area is 153 Å². The zero-order valence-corrected chi connectivity index (χ0v) is 14.7. The van der Waals surface area contributed by atoms with Gasteiger partial charge in [-0.25, -0.2) is 0 Å². The summed E-state index contributed by atoms with van der Waals surface area (Å²) in [5.74, 6) is 0.527. The molecule has 0 saturated carbocycles. The number of nitrogens with zero attached hydrogens (tertiary/aromatic N) is 1. The quantitative estimate of drug-likeness (QED) is 0.633. The molecule has 1 amide bonds. The molecular formula is C20H23N3O3. The van der Waals surface area contributed by atoms with Crippen molar-refractivity contribution < 1.29 is 14.6 Å². The number of hydrogen-bond acceptors (Lipinski definition) is 5. The molecule has 0 aliphatic rings. The number of rotatable bonds is 9. The predicted molar refractivity (Wildman–Crippen MR) is 98.6 cm³/mol. The molecule has 6 heteroatoms. The van der Waals surface area contributed by atoms with Crippen LogP contribution in [-0.2, 0) is 17.8 Å². The number of aliphatic hydroxyl groups excluding tert-OH is 1. The van der Waals surface area contributed by atoms with E-state index in [4.69, 9.17) is 10.00 Å². The number of carbonyl (C=O) groups is 1. The summed E-state index contributed by atoms with van der Waals surface area (Å²) in [4.78, 5) is 11.5. The van der Waals surface area contributed by atoms with Gasteiger partial charge in [0.2, 0.25) is 5.91 Å². The summed E-state index contributed by atoms with van der Waals surface area (Å²) in [6, 6.07) is 16.6. The molecule has 1 atom stereocenters. The van der Waals surface area contributed by atoms with E-state index in [1.807, 2.05) is 42.5 Å². The number of hydrogen-bond donors (Lipinski definition) is 3. The third-order valence-electron chi connectivity index (χ3n) is 3.93. The molecule has 2 aromatic carbocycles. The summed E-state index contributed by atoms with van der Waals surface area (Å²) >= 11 is 0. The van der Waals surface area contributed by atoms with E-state index in [2.05, 4.69) is 16.7 Å². The van der Waals surface area contributed by atoms with Crippen molar-refractivity contribution in [2.24, 2.45) is 0 Å². The van der Waals surface area contributed by atoms with Crippen molar-refractivity contribution >= 4 is 5.91 Å². The fraction of sp³-hybridized carbons (Fsp3) is 0.300. The normalized spacial score (nSPS) is 11.4. The molecule has 0 radical (unpaired) electrons. The molecule has 0 aromatic heterocycles. The van der Waals surface area contributed by atoms with Crippen molar-refractivity contribution in [1.29, 1.82) is 5.26 Å². The number of nitrogens with one attached hydrogen (secondary N) is 2. The van der Waals surface area contributed by atoms with Crippen molar-refractivity contribution in [2.45, 2.75) is 19.1 Å². The number of carbonyl (C=O) groups excluding carboxylic acids is 1. The Bertz CT molecular complexity index is 754. The van der Waals surface area contributed by atoms with E-state index in [1.165, 1.54) is 0 Å². The second-order valence-corrected chi connectivity index (χ2v) is 5.80. The molecular weight excluding hydrogens is 330 g/mol. The number of nitriles is 1. The van der Waals surface area contributed by atoms with E-state index >= 15 is 0 Å². The highest BCUT2D eigenvalue weighted by Gasteiger charge is 2.14. The lowest BCUT2D eigenvalue weighted by Crippen LogP contribution is -2.46. The second kappa shape index (κ2) is 10.2. The van der Waals surface area contributed by atoms with E-state index in [1.54, 1.807) is 13.1 Å². The monoisotopic (exact) mass is 353 g/mol. The average Bonchev–Trinajstić information content (AvgIpc) is 2.70. The Morgan fingerprint density at radius 1 is 1.23 bits per heavy atom. The van der Waals surface area contributed by atoms with Crippen molar-refractivity contribution in [1.82, 2.24) is 10.6 Å². The topological polar surface area (TPSA) is 94.4 Å². The van der Waals surface area contributed by atoms with Crippen LogP contribution in [0.5, 0.6) is 5.75 Å². The van der Waals surface area contributed by atoms with Gasteiger partial charge < -0.3 is 20.5 Å². The number of likely N-dealkylation sites (N-methyl/N-ethyl adjacent to an activating group) is 1. The molecule has 6 nitrogen and oxygen atoms in total. The molecule has 2 rings (SSSR count). The number of ether oxygens (including phenoxy) is 1. The number of amides is 1. The first-order valence-electron chi connectivity index (χ1n) is 8.43. The lowest BCUT2D eigenvalue weighted by atomic mass is 10.1. The highest BCUT2D eigenvalue weighted by atomic mass is 16.5. The summed E-state index contributed by atoms with van der Waals surface area (Å²) < 4.78 is 5.74. The van der Waals surface area contributed by atoms with Crippen LogP contribution < -0.4 is 15.4 Å². The average molecular weight is 353 g/mol. The molecule has 0 aliphatic heterocycles. The molecule has 0 saturated heterocycles. The Kier molecular flexibility index (Phi) is 7.62. The van der Waals surface area contributed by atoms with E-state index in [-0.39, 0.29) is 12.5 Å². The minimum atomic E-state index is -0.591. The minimum absolute atomic E-state index is 0.225. The summed E-state index contributed by atoms with van der Waals surface area (Å²) in [5, 5.41) is 23.6. The summed E-state index contributed by atoms with van der Waals surface area (Å²) in [7, 11) is 1.54. The molecule has 26 heavy (non-hydrogen) atoms. The van der Waals surface area contributed by atoms with E-state index in [9.17, 15) is 9.90 Å². The largest absolute Gasteiger partial charge is 0.489 e. The van der Waals surface area contributed by atoms with Crippen LogP contribution >= 0.6 is 0 Å². The third kappa shape index (κ3) is 5.88. The van der Waals surface area contributed by atoms with E-state index in [0.717, 1.165) is 23.3 Å². The van der Waals surface area contributed by atoms with Gasteiger partial charge >= 0.3 is 0 Å². The zero-order chi connectivity index (χ0) is 18.8. The Balaban J connectivity index is 1.80. The summed E-state index contributed by atoms with van der Waals surface area (Å²) in [6.45, 7) is 0.750. The minimum Gasteiger partial charge on any atom is -0.489 e. The van der Waals surface area contributed by atoms with Gasteiger partial charge in [0.1, 0.15) is 18.4 Å². The van der Waals surface area contributed by atoms with Crippen LogP contribution in [-0.4, -0.2) is 37.3 Å². The smallest absolute Gasteiger partial charge is 0.239 e. The molecule has 0 bridgehead atoms. The van der Waals surface area contributed by atoms with Gasteiger partial charge in [0.15, 0.2) is 0 Å². The van der Waals surface area contributed by atoms with Crippen LogP contribution in [0.25, 0.3) is 0 Å². The number of aliphatic hydroxyl groups is 1. The van der Waals surface area contributed by atoms with E-state index < -0.39 is 6.04 Å². The maximum Gasteiger partial charge on any atom is 0.239 e. The fourth-order valence-corrected chi connectivity index (χ4v) is 2.45. The maximum atomic E-state index is 11.5. The molecule has 1 unspecified atom stereocenters. The number of benzene rings is 2. The Hall–Kier alpha value is -2.88. The summed E-state index contributed by atoms with van der Waals surface area (Å²) in [5.41, 5.74) is 2.67. The molecule has 0 spiro atoms. The van der Waals surface area contributed by atoms with Gasteiger partial charge in [-0.05, 0) is 48.4 Å². The Morgan fingerprint density at radius 2 is 2.00 bits per heavy atom. The lowest BCUT2D eigenvalue weighted by molar-refractivity contribution is -0.123. The highest BCUT2D eigenvalue weighted by molar-refractivity contribution is 5.81. The van der Waals surface area contributed by atoms with Crippen LogP contribution in [0.15, 0.2) is 48.5 Å². The predicted octanol–water partition coefficient (Wildman–Crippen LogP) is 1.38. The lowest BCUT2D eigenvalue weighted by Gasteiger charge is -2.14. The molecule has 136 valence electrons. The van der Waals surface area contributed by atoms with Gasteiger partial charge in [-0.2, -0.15) is 5.26 Å². The van der Waals surface area contributed by atoms with Gasteiger partial charge in [-0.1, -0.05) is 24.3 Å². The van der Waals surface area contributed by atoms with Gasteiger partial charge in [0, 0.05) is 7.05 Å². The van der Waals surface area contributed by atoms with Crippen molar-refractivity contribution in [3.8, 4) is 11.8 Å². The third-order valence-corrected chi connectivity index (χ3v) is 3.93. The first-order valence-corrected chi connectivity index (χ1v) is 8.43. The van der Waals surface area contributed by atoms with Crippen molar-refractivity contribution in [3.63, 3.8) is 0 Å². The van der Waals surface area contributed by atoms with Crippen LogP contribution in [0.2, 0.25) is 0 Å². The van der Waals surface area contributed by atoms with Crippen molar-refractivity contribution in [2.75, 3.05) is 20.2 Å². The van der Waals surface area contributed by atoms with Crippen LogP contribution in [0.4, 0.5) is 0 Å². The van der Waals surface area contributed by atoms with E-state index in [0.29, 0.717) is 18.7 Å². The first kappa shape index (κ1) is 19.4. The van der Waals surface area contributed by atoms with Gasteiger partial charge in [-0.3, -0.25) is 4.79 Å². The fourth-order valence-electron chi connectivity index (χ4n) is 2.45.